The van der Waals surface area contributed by atoms with Crippen molar-refractivity contribution < 1.29 is 19.7 Å². The lowest BCUT2D eigenvalue weighted by atomic mass is 9.76. The topological polar surface area (TPSA) is 73.2 Å². The Hall–Kier alpha value is -1.63. The van der Waals surface area contributed by atoms with E-state index in [-0.39, 0.29) is 29.3 Å². The molecule has 0 aromatic heterocycles. The van der Waals surface area contributed by atoms with Crippen LogP contribution in [0.5, 0.6) is 5.75 Å². The number of likely N-dealkylation sites (tertiary alicyclic amines) is 2. The molecule has 1 amide bonds. The Morgan fingerprint density at radius 3 is 2.59 bits per heavy atom. The maximum atomic E-state index is 12.6. The van der Waals surface area contributed by atoms with Crippen LogP contribution >= 0.6 is 0 Å². The molecule has 2 atom stereocenters. The zero-order valence-electron chi connectivity index (χ0n) is 15.8. The summed E-state index contributed by atoms with van der Waals surface area (Å²) in [6, 6.07) is 6.87. The van der Waals surface area contributed by atoms with Crippen molar-refractivity contribution in [3.8, 4) is 5.75 Å². The summed E-state index contributed by atoms with van der Waals surface area (Å²) in [6.07, 6.45) is 4.43. The number of nitrogens with zero attached hydrogens (tertiary/aromatic N) is 2. The second-order valence-electron chi connectivity index (χ2n) is 8.56. The van der Waals surface area contributed by atoms with Crippen molar-refractivity contribution in [3.05, 3.63) is 29.8 Å². The maximum Gasteiger partial charge on any atom is 0.226 e. The lowest BCUT2D eigenvalue weighted by Crippen LogP contribution is -2.44. The van der Waals surface area contributed by atoms with Gasteiger partial charge >= 0.3 is 0 Å². The Morgan fingerprint density at radius 1 is 1.19 bits per heavy atom. The smallest absolute Gasteiger partial charge is 0.226 e. The minimum absolute atomic E-state index is 0.164. The van der Waals surface area contributed by atoms with Gasteiger partial charge in [-0.1, -0.05) is 12.1 Å². The van der Waals surface area contributed by atoms with Gasteiger partial charge in [0.05, 0.1) is 25.2 Å². The van der Waals surface area contributed by atoms with Crippen molar-refractivity contribution in [2.75, 3.05) is 39.3 Å². The van der Waals surface area contributed by atoms with E-state index in [1.807, 2.05) is 17.0 Å². The molecule has 148 valence electrons. The molecule has 0 aliphatic carbocycles. The number of carbonyl (C=O) groups excluding carboxylic acids is 1. The van der Waals surface area contributed by atoms with Crippen molar-refractivity contribution in [2.45, 2.75) is 44.3 Å². The van der Waals surface area contributed by atoms with E-state index >= 15 is 0 Å². The minimum Gasteiger partial charge on any atom is -0.508 e. The number of hydrogen-bond acceptors (Lipinski definition) is 5. The fourth-order valence-corrected chi connectivity index (χ4v) is 4.76. The summed E-state index contributed by atoms with van der Waals surface area (Å²) < 4.78 is 6.10. The van der Waals surface area contributed by atoms with Gasteiger partial charge in [0, 0.05) is 32.7 Å². The number of hydrogen-bond donors (Lipinski definition) is 2. The molecule has 27 heavy (non-hydrogen) atoms. The third kappa shape index (κ3) is 4.45. The van der Waals surface area contributed by atoms with Gasteiger partial charge in [-0.15, -0.1) is 0 Å². The molecule has 0 radical (unpaired) electrons. The van der Waals surface area contributed by atoms with Crippen LogP contribution in [-0.4, -0.2) is 77.5 Å². The average Bonchev–Trinajstić information content (AvgIpc) is 3.24. The van der Waals surface area contributed by atoms with E-state index < -0.39 is 0 Å². The first kappa shape index (κ1) is 18.7. The molecule has 2 N–H and O–H groups in total. The van der Waals surface area contributed by atoms with Gasteiger partial charge < -0.3 is 19.8 Å². The van der Waals surface area contributed by atoms with E-state index in [9.17, 15) is 15.0 Å². The van der Waals surface area contributed by atoms with Crippen molar-refractivity contribution in [1.82, 2.24) is 9.80 Å². The second-order valence-corrected chi connectivity index (χ2v) is 8.56. The number of aliphatic hydroxyl groups excluding tert-OH is 1. The van der Waals surface area contributed by atoms with Gasteiger partial charge in [-0.3, -0.25) is 9.69 Å². The number of benzene rings is 1. The highest BCUT2D eigenvalue weighted by Crippen LogP contribution is 2.42. The summed E-state index contributed by atoms with van der Waals surface area (Å²) in [4.78, 5) is 16.9. The van der Waals surface area contributed by atoms with E-state index in [1.165, 1.54) is 0 Å². The van der Waals surface area contributed by atoms with Gasteiger partial charge in [-0.05, 0) is 48.8 Å². The molecule has 6 heteroatoms. The minimum atomic E-state index is -0.178. The predicted molar refractivity (Wildman–Crippen MR) is 101 cm³/mol. The van der Waals surface area contributed by atoms with E-state index in [0.29, 0.717) is 6.42 Å². The third-order valence-electron chi connectivity index (χ3n) is 6.46. The lowest BCUT2D eigenvalue weighted by molar-refractivity contribution is -0.132. The molecule has 4 rings (SSSR count). The van der Waals surface area contributed by atoms with Crippen molar-refractivity contribution in [1.29, 1.82) is 0 Å². The zero-order chi connectivity index (χ0) is 18.9. The van der Waals surface area contributed by atoms with E-state index in [4.69, 9.17) is 4.74 Å². The Balaban J connectivity index is 1.25. The summed E-state index contributed by atoms with van der Waals surface area (Å²) in [5.74, 6) is 0.391. The van der Waals surface area contributed by atoms with Crippen LogP contribution < -0.4 is 0 Å². The number of phenols is 1. The molecule has 0 unspecified atom stereocenters. The maximum absolute atomic E-state index is 12.6. The molecule has 3 saturated heterocycles. The number of ether oxygens (including phenoxy) is 1. The van der Waals surface area contributed by atoms with E-state index in [1.54, 1.807) is 12.1 Å². The molecule has 1 aromatic carbocycles. The molecule has 3 fully saturated rings. The highest BCUT2D eigenvalue weighted by Gasteiger charge is 2.43. The molecule has 3 aliphatic rings. The first-order chi connectivity index (χ1) is 13.0. The van der Waals surface area contributed by atoms with Crippen LogP contribution in [0.4, 0.5) is 0 Å². The summed E-state index contributed by atoms with van der Waals surface area (Å²) >= 11 is 0. The summed E-state index contributed by atoms with van der Waals surface area (Å²) in [6.45, 7) is 5.06. The van der Waals surface area contributed by atoms with Gasteiger partial charge in [-0.25, -0.2) is 0 Å². The largest absolute Gasteiger partial charge is 0.508 e. The first-order valence-corrected chi connectivity index (χ1v) is 10.1. The van der Waals surface area contributed by atoms with Crippen LogP contribution in [0.1, 0.15) is 31.2 Å². The molecule has 1 aromatic rings. The monoisotopic (exact) mass is 374 g/mol. The molecular weight excluding hydrogens is 344 g/mol. The van der Waals surface area contributed by atoms with Crippen LogP contribution in [0.2, 0.25) is 0 Å². The van der Waals surface area contributed by atoms with Crippen LogP contribution in [0.3, 0.4) is 0 Å². The highest BCUT2D eigenvalue weighted by molar-refractivity contribution is 5.78. The van der Waals surface area contributed by atoms with Crippen molar-refractivity contribution in [3.63, 3.8) is 0 Å². The SMILES string of the molecule is O=C(Cc1ccc(O)cc1)N1CCC2(CC1)CO[C@H](CN1CC[C@@H](O)C1)C2. The van der Waals surface area contributed by atoms with Crippen LogP contribution in [0.25, 0.3) is 0 Å². The highest BCUT2D eigenvalue weighted by atomic mass is 16.5. The zero-order valence-corrected chi connectivity index (χ0v) is 15.8. The van der Waals surface area contributed by atoms with Gasteiger partial charge in [0.25, 0.3) is 0 Å². The number of aliphatic hydroxyl groups is 1. The molecule has 3 aliphatic heterocycles. The van der Waals surface area contributed by atoms with Crippen LogP contribution in [0, 0.1) is 5.41 Å². The number of phenolic OH excluding ortho intramolecular Hbond substituents is 1. The van der Waals surface area contributed by atoms with Crippen LogP contribution in [-0.2, 0) is 16.0 Å². The Labute approximate surface area is 160 Å². The number of β-amino-alcohol motifs (C(OH)–C–C–N with tert-alkyl or cyclic N) is 1. The van der Waals surface area contributed by atoms with Gasteiger partial charge in [0.1, 0.15) is 5.75 Å². The summed E-state index contributed by atoms with van der Waals surface area (Å²) in [5.41, 5.74) is 1.16. The average molecular weight is 374 g/mol. The summed E-state index contributed by atoms with van der Waals surface area (Å²) in [7, 11) is 0. The molecule has 6 nitrogen and oxygen atoms in total. The fourth-order valence-electron chi connectivity index (χ4n) is 4.76. The van der Waals surface area contributed by atoms with Crippen molar-refractivity contribution in [2.24, 2.45) is 5.41 Å². The van der Waals surface area contributed by atoms with Crippen molar-refractivity contribution >= 4 is 5.91 Å². The van der Waals surface area contributed by atoms with Gasteiger partial charge in [0.2, 0.25) is 5.91 Å². The number of aromatic hydroxyl groups is 1. The number of piperidine rings is 1. The Morgan fingerprint density at radius 2 is 1.93 bits per heavy atom. The normalized spacial score (nSPS) is 28.1. The van der Waals surface area contributed by atoms with Crippen LogP contribution in [0.15, 0.2) is 24.3 Å². The van der Waals surface area contributed by atoms with Gasteiger partial charge in [0.15, 0.2) is 0 Å². The van der Waals surface area contributed by atoms with Gasteiger partial charge in [-0.2, -0.15) is 0 Å². The Bertz CT molecular complexity index is 655. The quantitative estimate of drug-likeness (QED) is 0.833. The number of carbonyl (C=O) groups is 1. The lowest BCUT2D eigenvalue weighted by Gasteiger charge is -2.38. The standard InChI is InChI=1S/C21H30N2O4/c24-17-3-1-16(2-4-17)11-20(26)23-9-6-21(7-10-23)12-19(27-15-21)14-22-8-5-18(25)13-22/h1-4,18-19,24-25H,5-15H2/t18-,19+/m1/s1. The molecule has 1 spiro atoms. The first-order valence-electron chi connectivity index (χ1n) is 10.1. The Kier molecular flexibility index (Phi) is 5.39. The third-order valence-corrected chi connectivity index (χ3v) is 6.46. The molecule has 0 bridgehead atoms. The van der Waals surface area contributed by atoms with E-state index in [2.05, 4.69) is 4.90 Å². The predicted octanol–water partition coefficient (Wildman–Crippen LogP) is 1.40. The summed E-state index contributed by atoms with van der Waals surface area (Å²) in [5, 5.41) is 19.0. The fraction of sp³-hybridized carbons (Fsp3) is 0.667. The molecular formula is C21H30N2O4. The second kappa shape index (κ2) is 7.78. The van der Waals surface area contributed by atoms with E-state index in [0.717, 1.165) is 70.6 Å². The molecule has 3 heterocycles. The number of amides is 1. The number of rotatable bonds is 4. The molecule has 0 saturated carbocycles.